The van der Waals surface area contributed by atoms with Crippen LogP contribution in [0.1, 0.15) is 11.1 Å². The van der Waals surface area contributed by atoms with Crippen LogP contribution < -0.4 is 0 Å². The van der Waals surface area contributed by atoms with Crippen molar-refractivity contribution in [1.82, 2.24) is 15.0 Å². The van der Waals surface area contributed by atoms with Crippen LogP contribution in [-0.2, 0) is 0 Å². The molecule has 0 fully saturated rings. The number of furan rings is 1. The highest BCUT2D eigenvalue weighted by Gasteiger charge is 2.35. The second-order valence-corrected chi connectivity index (χ2v) is 17.7. The molecule has 7 aromatic carbocycles. The molecule has 3 aliphatic carbocycles. The van der Waals surface area contributed by atoms with Crippen molar-refractivity contribution in [2.45, 2.75) is 0 Å². The van der Waals surface area contributed by atoms with Crippen LogP contribution in [0.25, 0.3) is 98.5 Å². The first-order valence-corrected chi connectivity index (χ1v) is 22.6. The lowest BCUT2D eigenvalue weighted by atomic mass is 9.66. The minimum atomic E-state index is 0.253. The van der Waals surface area contributed by atoms with E-state index in [4.69, 9.17) is 19.4 Å². The molecule has 2 atom stereocenters. The van der Waals surface area contributed by atoms with E-state index in [0.717, 1.165) is 49.8 Å². The van der Waals surface area contributed by atoms with Gasteiger partial charge in [-0.1, -0.05) is 170 Å². The maximum absolute atomic E-state index is 6.61. The number of fused-ring (bicyclic) bond motifs is 9. The van der Waals surface area contributed by atoms with Crippen LogP contribution in [0.3, 0.4) is 0 Å². The molecule has 3 aliphatic rings. The predicted molar refractivity (Wildman–Crippen MR) is 266 cm³/mol. The van der Waals surface area contributed by atoms with Crippen molar-refractivity contribution in [3.8, 4) is 45.3 Å². The Hall–Kier alpha value is -7.99. The Morgan fingerprint density at radius 1 is 0.391 bits per heavy atom. The number of hydrogen-bond acceptors (Lipinski definition) is 5. The van der Waals surface area contributed by atoms with Gasteiger partial charge in [0.2, 0.25) is 0 Å². The minimum absolute atomic E-state index is 0.253. The summed E-state index contributed by atoms with van der Waals surface area (Å²) in [5, 5.41) is 4.65. The van der Waals surface area contributed by atoms with Gasteiger partial charge in [-0.05, 0) is 87.0 Å². The monoisotopic (exact) mass is 835 g/mol. The van der Waals surface area contributed by atoms with Crippen molar-refractivity contribution in [2.24, 2.45) is 11.8 Å². The fourth-order valence-electron chi connectivity index (χ4n) is 9.99. The molecular formula is C59H37N3OS. The highest BCUT2D eigenvalue weighted by atomic mass is 32.1. The molecule has 0 saturated heterocycles. The van der Waals surface area contributed by atoms with Gasteiger partial charge < -0.3 is 4.42 Å². The van der Waals surface area contributed by atoms with Crippen LogP contribution in [0.15, 0.2) is 228 Å². The Labute approximate surface area is 373 Å². The van der Waals surface area contributed by atoms with Crippen LogP contribution in [0.5, 0.6) is 0 Å². The second-order valence-electron chi connectivity index (χ2n) is 16.6. The lowest BCUT2D eigenvalue weighted by molar-refractivity contribution is 0.621. The molecule has 10 aromatic rings. The molecule has 0 radical (unpaired) electrons. The summed E-state index contributed by atoms with van der Waals surface area (Å²) in [5.74, 6) is 2.45. The summed E-state index contributed by atoms with van der Waals surface area (Å²) in [4.78, 5) is 15.2. The summed E-state index contributed by atoms with van der Waals surface area (Å²) < 4.78 is 9.13. The number of thiophene rings is 1. The lowest BCUT2D eigenvalue weighted by Gasteiger charge is -2.37. The first-order chi connectivity index (χ1) is 31.7. The molecule has 3 heterocycles. The van der Waals surface area contributed by atoms with Crippen molar-refractivity contribution in [1.29, 1.82) is 0 Å². The Bertz CT molecular complexity index is 3710. The maximum atomic E-state index is 6.61. The van der Waals surface area contributed by atoms with E-state index >= 15 is 0 Å². The first kappa shape index (κ1) is 36.6. The Balaban J connectivity index is 0.928. The maximum Gasteiger partial charge on any atom is 0.164 e. The number of nitrogens with zero attached hydrogens (tertiary/aromatic N) is 3. The van der Waals surface area contributed by atoms with E-state index in [-0.39, 0.29) is 11.8 Å². The summed E-state index contributed by atoms with van der Waals surface area (Å²) in [5.41, 5.74) is 14.4. The fraction of sp³-hybridized carbons (Fsp3) is 0.0339. The van der Waals surface area contributed by atoms with Gasteiger partial charge in [0, 0.05) is 59.5 Å². The molecule has 0 saturated carbocycles. The van der Waals surface area contributed by atoms with Crippen LogP contribution in [-0.4, -0.2) is 15.0 Å². The van der Waals surface area contributed by atoms with E-state index < -0.39 is 0 Å². The summed E-state index contributed by atoms with van der Waals surface area (Å²) in [6.07, 6.45) is 18.1. The topological polar surface area (TPSA) is 51.8 Å². The molecule has 0 aliphatic heterocycles. The number of hydrogen-bond donors (Lipinski definition) is 0. The standard InChI is InChI=1S/C59H37N3OS/c1-3-14-37(15-4-1)54-46-21-9-7-18-43(46)44-19-8-10-22-47(44)55(54)40-30-32-50-49(34-40)56-42(23-13-24-51(56)63-50)36-26-28-39(29-27-36)58-60-57(38-16-5-2-6-17-38)61-59(62-58)41-31-33-53-48(35-41)45-20-11-12-25-52(45)64-53/h1-35,43-44H. The number of rotatable bonds is 6. The van der Waals surface area contributed by atoms with E-state index in [1.54, 1.807) is 0 Å². The number of aromatic nitrogens is 3. The SMILES string of the molecule is C1=CC2=C(c3ccccc3)C(c3ccc4oc5cccc(-c6ccc(-c7nc(-c8ccccc8)nc(-c8ccc9sc%10ccccc%10c9c8)n7)cc6)c5c4c3)=C3C=CC=CC3C2C=C1. The molecule has 0 bridgehead atoms. The lowest BCUT2D eigenvalue weighted by Crippen LogP contribution is -2.23. The zero-order chi connectivity index (χ0) is 42.1. The van der Waals surface area contributed by atoms with Gasteiger partial charge in [0.25, 0.3) is 0 Å². The van der Waals surface area contributed by atoms with Gasteiger partial charge in [0.1, 0.15) is 11.2 Å². The molecule has 0 spiro atoms. The molecular weight excluding hydrogens is 799 g/mol. The molecule has 64 heavy (non-hydrogen) atoms. The molecule has 13 rings (SSSR count). The van der Waals surface area contributed by atoms with E-state index in [2.05, 4.69) is 194 Å². The summed E-state index contributed by atoms with van der Waals surface area (Å²) >= 11 is 1.81. The van der Waals surface area contributed by atoms with Crippen LogP contribution >= 0.6 is 11.3 Å². The second kappa shape index (κ2) is 14.8. The van der Waals surface area contributed by atoms with Crippen molar-refractivity contribution in [3.05, 3.63) is 235 Å². The quantitative estimate of drug-likeness (QED) is 0.167. The van der Waals surface area contributed by atoms with E-state index in [1.165, 1.54) is 53.6 Å². The van der Waals surface area contributed by atoms with Crippen molar-refractivity contribution >= 4 is 64.6 Å². The third kappa shape index (κ3) is 6.00. The molecule has 300 valence electrons. The average Bonchev–Trinajstić information content (AvgIpc) is 3.94. The summed E-state index contributed by atoms with van der Waals surface area (Å²) in [6.45, 7) is 0. The van der Waals surface area contributed by atoms with Crippen LogP contribution in [0.2, 0.25) is 0 Å². The van der Waals surface area contributed by atoms with Crippen molar-refractivity contribution < 1.29 is 4.42 Å². The molecule has 4 nitrogen and oxygen atoms in total. The predicted octanol–water partition coefficient (Wildman–Crippen LogP) is 15.5. The third-order valence-electron chi connectivity index (χ3n) is 12.9. The summed E-state index contributed by atoms with van der Waals surface area (Å²) in [6, 6.07) is 57.9. The van der Waals surface area contributed by atoms with E-state index in [1.807, 2.05) is 29.5 Å². The average molecular weight is 836 g/mol. The Kier molecular flexibility index (Phi) is 8.49. The normalized spacial score (nSPS) is 16.7. The van der Waals surface area contributed by atoms with Crippen LogP contribution in [0, 0.1) is 11.8 Å². The van der Waals surface area contributed by atoms with Gasteiger partial charge in [0.05, 0.1) is 0 Å². The molecule has 0 amide bonds. The zero-order valence-corrected chi connectivity index (χ0v) is 35.3. The fourth-order valence-corrected chi connectivity index (χ4v) is 11.1. The molecule has 2 unspecified atom stereocenters. The van der Waals surface area contributed by atoms with Gasteiger partial charge in [-0.3, -0.25) is 0 Å². The minimum Gasteiger partial charge on any atom is -0.456 e. The van der Waals surface area contributed by atoms with Crippen molar-refractivity contribution in [3.63, 3.8) is 0 Å². The molecule has 3 aromatic heterocycles. The highest BCUT2D eigenvalue weighted by Crippen LogP contribution is 2.52. The smallest absolute Gasteiger partial charge is 0.164 e. The highest BCUT2D eigenvalue weighted by molar-refractivity contribution is 7.25. The van der Waals surface area contributed by atoms with Gasteiger partial charge in [-0.15, -0.1) is 11.3 Å². The van der Waals surface area contributed by atoms with E-state index in [9.17, 15) is 0 Å². The van der Waals surface area contributed by atoms with E-state index in [0.29, 0.717) is 17.5 Å². The van der Waals surface area contributed by atoms with Gasteiger partial charge in [0.15, 0.2) is 17.5 Å². The zero-order valence-electron chi connectivity index (χ0n) is 34.5. The third-order valence-corrected chi connectivity index (χ3v) is 14.1. The molecule has 0 N–H and O–H groups in total. The van der Waals surface area contributed by atoms with Gasteiger partial charge in [-0.25, -0.2) is 15.0 Å². The van der Waals surface area contributed by atoms with Crippen LogP contribution in [0.4, 0.5) is 0 Å². The van der Waals surface area contributed by atoms with Gasteiger partial charge >= 0.3 is 0 Å². The number of allylic oxidation sites excluding steroid dienone is 12. The summed E-state index contributed by atoms with van der Waals surface area (Å²) in [7, 11) is 0. The largest absolute Gasteiger partial charge is 0.456 e. The number of benzene rings is 7. The Morgan fingerprint density at radius 3 is 1.69 bits per heavy atom. The Morgan fingerprint density at radius 2 is 0.953 bits per heavy atom. The first-order valence-electron chi connectivity index (χ1n) is 21.8. The van der Waals surface area contributed by atoms with Gasteiger partial charge in [-0.2, -0.15) is 0 Å². The molecule has 5 heteroatoms. The van der Waals surface area contributed by atoms with Crippen molar-refractivity contribution in [2.75, 3.05) is 0 Å².